The van der Waals surface area contributed by atoms with Crippen LogP contribution in [0.25, 0.3) is 11.4 Å². The molecule has 2 aliphatic rings. The van der Waals surface area contributed by atoms with Crippen molar-refractivity contribution in [3.05, 3.63) is 42.1 Å². The van der Waals surface area contributed by atoms with E-state index in [0.717, 1.165) is 69.4 Å². The second-order valence-electron chi connectivity index (χ2n) is 8.07. The molecule has 0 atom stereocenters. The van der Waals surface area contributed by atoms with Crippen LogP contribution in [-0.4, -0.2) is 72.0 Å². The second kappa shape index (κ2) is 8.27. The third-order valence-corrected chi connectivity index (χ3v) is 5.86. The first-order chi connectivity index (χ1) is 13.6. The van der Waals surface area contributed by atoms with E-state index in [0.29, 0.717) is 11.5 Å². The van der Waals surface area contributed by atoms with Crippen molar-refractivity contribution in [2.45, 2.75) is 19.8 Å². The van der Waals surface area contributed by atoms with Crippen molar-refractivity contribution in [2.24, 2.45) is 5.92 Å². The fraction of sp³-hybridized carbons (Fsp3) is 0.500. The Balaban J connectivity index is 1.66. The van der Waals surface area contributed by atoms with Gasteiger partial charge < -0.3 is 14.7 Å². The summed E-state index contributed by atoms with van der Waals surface area (Å²) in [5.74, 6) is 2.27. The molecule has 2 fully saturated rings. The van der Waals surface area contributed by atoms with E-state index in [2.05, 4.69) is 28.8 Å². The van der Waals surface area contributed by atoms with Crippen molar-refractivity contribution >= 4 is 11.7 Å². The highest BCUT2D eigenvalue weighted by Crippen LogP contribution is 2.25. The van der Waals surface area contributed by atoms with Gasteiger partial charge in [-0.05, 0) is 25.8 Å². The topological polar surface area (TPSA) is 52.6 Å². The Morgan fingerprint density at radius 2 is 1.64 bits per heavy atom. The summed E-state index contributed by atoms with van der Waals surface area (Å²) in [6.45, 7) is 7.56. The SMILES string of the molecule is CC1CCN(c2cc(C(=O)N3CCN(C)CC3)nc(-c3ccccc3)n2)CC1. The number of nitrogens with zero attached hydrogens (tertiary/aromatic N) is 5. The van der Waals surface area contributed by atoms with Gasteiger partial charge in [-0.3, -0.25) is 4.79 Å². The van der Waals surface area contributed by atoms with Crippen LogP contribution in [0.3, 0.4) is 0 Å². The van der Waals surface area contributed by atoms with E-state index in [1.54, 1.807) is 0 Å². The summed E-state index contributed by atoms with van der Waals surface area (Å²) >= 11 is 0. The van der Waals surface area contributed by atoms with Gasteiger partial charge >= 0.3 is 0 Å². The molecule has 2 aromatic rings. The fourth-order valence-corrected chi connectivity index (χ4v) is 3.83. The Morgan fingerprint density at radius 3 is 2.32 bits per heavy atom. The maximum atomic E-state index is 13.2. The first-order valence-electron chi connectivity index (χ1n) is 10.3. The molecular weight excluding hydrogens is 350 g/mol. The molecule has 6 nitrogen and oxygen atoms in total. The Morgan fingerprint density at radius 1 is 0.964 bits per heavy atom. The fourth-order valence-electron chi connectivity index (χ4n) is 3.83. The van der Waals surface area contributed by atoms with Crippen LogP contribution in [0.5, 0.6) is 0 Å². The molecule has 0 unspecified atom stereocenters. The smallest absolute Gasteiger partial charge is 0.272 e. The largest absolute Gasteiger partial charge is 0.356 e. The number of anilines is 1. The summed E-state index contributed by atoms with van der Waals surface area (Å²) < 4.78 is 0. The predicted molar refractivity (Wildman–Crippen MR) is 111 cm³/mol. The molecule has 0 saturated carbocycles. The first kappa shape index (κ1) is 18.9. The summed E-state index contributed by atoms with van der Waals surface area (Å²) in [5, 5.41) is 0. The zero-order chi connectivity index (χ0) is 19.5. The van der Waals surface area contributed by atoms with Gasteiger partial charge in [0.2, 0.25) is 0 Å². The van der Waals surface area contributed by atoms with Gasteiger partial charge in [0, 0.05) is 50.9 Å². The summed E-state index contributed by atoms with van der Waals surface area (Å²) in [6, 6.07) is 11.8. The van der Waals surface area contributed by atoms with Crippen molar-refractivity contribution < 1.29 is 4.79 Å². The zero-order valence-electron chi connectivity index (χ0n) is 16.8. The number of hydrogen-bond acceptors (Lipinski definition) is 5. The lowest BCUT2D eigenvalue weighted by molar-refractivity contribution is 0.0658. The van der Waals surface area contributed by atoms with Crippen molar-refractivity contribution in [3.8, 4) is 11.4 Å². The minimum absolute atomic E-state index is 0.0132. The van der Waals surface area contributed by atoms with Crippen LogP contribution < -0.4 is 4.90 Å². The van der Waals surface area contributed by atoms with Crippen LogP contribution in [-0.2, 0) is 0 Å². The average Bonchev–Trinajstić information content (AvgIpc) is 2.74. The molecule has 148 valence electrons. The van der Waals surface area contributed by atoms with Gasteiger partial charge in [-0.1, -0.05) is 37.3 Å². The number of rotatable bonds is 3. The number of aromatic nitrogens is 2. The zero-order valence-corrected chi connectivity index (χ0v) is 16.8. The van der Waals surface area contributed by atoms with E-state index in [9.17, 15) is 4.79 Å². The molecule has 0 bridgehead atoms. The molecule has 3 heterocycles. The van der Waals surface area contributed by atoms with Gasteiger partial charge in [0.15, 0.2) is 5.82 Å². The summed E-state index contributed by atoms with van der Waals surface area (Å²) in [7, 11) is 2.09. The number of likely N-dealkylation sites (N-methyl/N-ethyl adjacent to an activating group) is 1. The maximum Gasteiger partial charge on any atom is 0.272 e. The minimum Gasteiger partial charge on any atom is -0.356 e. The van der Waals surface area contributed by atoms with Gasteiger partial charge in [-0.2, -0.15) is 0 Å². The number of hydrogen-bond donors (Lipinski definition) is 0. The molecule has 4 rings (SSSR count). The van der Waals surface area contributed by atoms with Crippen molar-refractivity contribution in [1.29, 1.82) is 0 Å². The van der Waals surface area contributed by atoms with E-state index in [4.69, 9.17) is 4.98 Å². The van der Waals surface area contributed by atoms with E-state index >= 15 is 0 Å². The van der Waals surface area contributed by atoms with Crippen molar-refractivity contribution in [2.75, 3.05) is 51.2 Å². The molecule has 2 aliphatic heterocycles. The van der Waals surface area contributed by atoms with Gasteiger partial charge in [-0.15, -0.1) is 0 Å². The lowest BCUT2D eigenvalue weighted by atomic mass is 9.99. The van der Waals surface area contributed by atoms with Crippen molar-refractivity contribution in [3.63, 3.8) is 0 Å². The molecule has 1 aromatic carbocycles. The van der Waals surface area contributed by atoms with Gasteiger partial charge in [0.1, 0.15) is 11.5 Å². The standard InChI is InChI=1S/C22H29N5O/c1-17-8-10-26(11-9-17)20-16-19(22(28)27-14-12-25(2)13-15-27)23-21(24-20)18-6-4-3-5-7-18/h3-7,16-17H,8-15H2,1-2H3. The summed E-state index contributed by atoms with van der Waals surface area (Å²) in [4.78, 5) is 29.1. The normalized spacial score (nSPS) is 19.1. The van der Waals surface area contributed by atoms with Gasteiger partial charge in [0.25, 0.3) is 5.91 Å². The Kier molecular flexibility index (Phi) is 5.57. The number of piperazine rings is 1. The third kappa shape index (κ3) is 4.17. The van der Waals surface area contributed by atoms with E-state index in [1.165, 1.54) is 0 Å². The lowest BCUT2D eigenvalue weighted by Gasteiger charge is -2.33. The third-order valence-electron chi connectivity index (χ3n) is 5.86. The molecular formula is C22H29N5O. The average molecular weight is 380 g/mol. The number of amides is 1. The van der Waals surface area contributed by atoms with Crippen molar-refractivity contribution in [1.82, 2.24) is 19.8 Å². The van der Waals surface area contributed by atoms with Crippen LogP contribution in [0.2, 0.25) is 0 Å². The molecule has 6 heteroatoms. The molecule has 1 amide bonds. The van der Waals surface area contributed by atoms with Crippen LogP contribution in [0, 0.1) is 5.92 Å². The van der Waals surface area contributed by atoms with Gasteiger partial charge in [0.05, 0.1) is 0 Å². The number of piperidine rings is 1. The van der Waals surface area contributed by atoms with Gasteiger partial charge in [-0.25, -0.2) is 9.97 Å². The molecule has 0 spiro atoms. The van der Waals surface area contributed by atoms with Crippen LogP contribution >= 0.6 is 0 Å². The number of carbonyl (C=O) groups is 1. The van der Waals surface area contributed by atoms with E-state index < -0.39 is 0 Å². The second-order valence-corrected chi connectivity index (χ2v) is 8.07. The molecule has 0 aliphatic carbocycles. The quantitative estimate of drug-likeness (QED) is 0.821. The Bertz CT molecular complexity index is 809. The number of carbonyl (C=O) groups excluding carboxylic acids is 1. The molecule has 28 heavy (non-hydrogen) atoms. The predicted octanol–water partition coefficient (Wildman–Crippen LogP) is 2.77. The van der Waals surface area contributed by atoms with E-state index in [1.807, 2.05) is 41.3 Å². The highest BCUT2D eigenvalue weighted by atomic mass is 16.2. The summed E-state index contributed by atoms with van der Waals surface area (Å²) in [6.07, 6.45) is 2.32. The Labute approximate surface area is 167 Å². The molecule has 1 aromatic heterocycles. The molecule has 0 radical (unpaired) electrons. The monoisotopic (exact) mass is 379 g/mol. The molecule has 0 N–H and O–H groups in total. The maximum absolute atomic E-state index is 13.2. The highest BCUT2D eigenvalue weighted by Gasteiger charge is 2.25. The van der Waals surface area contributed by atoms with Crippen LogP contribution in [0.1, 0.15) is 30.3 Å². The first-order valence-corrected chi connectivity index (χ1v) is 10.3. The van der Waals surface area contributed by atoms with E-state index in [-0.39, 0.29) is 5.91 Å². The molecule has 2 saturated heterocycles. The van der Waals surface area contributed by atoms with Crippen LogP contribution in [0.4, 0.5) is 5.82 Å². The van der Waals surface area contributed by atoms with Crippen LogP contribution in [0.15, 0.2) is 36.4 Å². The lowest BCUT2D eigenvalue weighted by Crippen LogP contribution is -2.47. The number of benzene rings is 1. The highest BCUT2D eigenvalue weighted by molar-refractivity contribution is 5.93. The summed E-state index contributed by atoms with van der Waals surface area (Å²) in [5.41, 5.74) is 1.45. The minimum atomic E-state index is 0.0132. The Hall–Kier alpha value is -2.47.